The third-order valence-electron chi connectivity index (χ3n) is 6.09. The van der Waals surface area contributed by atoms with Gasteiger partial charge in [-0.1, -0.05) is 0 Å². The van der Waals surface area contributed by atoms with Crippen LogP contribution < -0.4 is 20.1 Å². The molecule has 1 amide bonds. The summed E-state index contributed by atoms with van der Waals surface area (Å²) in [4.78, 5) is 30.3. The first-order valence-electron chi connectivity index (χ1n) is 12.2. The molecule has 1 unspecified atom stereocenters. The van der Waals surface area contributed by atoms with Crippen LogP contribution in [0.3, 0.4) is 0 Å². The summed E-state index contributed by atoms with van der Waals surface area (Å²) >= 11 is 0. The van der Waals surface area contributed by atoms with Crippen molar-refractivity contribution in [1.29, 1.82) is 0 Å². The average molecular weight is 522 g/mol. The van der Waals surface area contributed by atoms with E-state index in [1.165, 1.54) is 0 Å². The Kier molecular flexibility index (Phi) is 8.27. The highest BCUT2D eigenvalue weighted by Gasteiger charge is 2.36. The Bertz CT molecular complexity index is 1350. The zero-order chi connectivity index (χ0) is 27.2. The van der Waals surface area contributed by atoms with Crippen LogP contribution in [0.15, 0.2) is 53.7 Å². The third kappa shape index (κ3) is 5.47. The van der Waals surface area contributed by atoms with Crippen LogP contribution in [0, 0.1) is 0 Å². The van der Waals surface area contributed by atoms with E-state index in [0.29, 0.717) is 64.2 Å². The fraction of sp³-hybridized carbons (Fsp3) is 0.333. The summed E-state index contributed by atoms with van der Waals surface area (Å²) in [6.45, 7) is 3.84. The quantitative estimate of drug-likeness (QED) is 0.343. The molecule has 0 bridgehead atoms. The first-order chi connectivity index (χ1) is 18.4. The number of allylic oxidation sites excluding steroid dienone is 1. The standard InChI is InChI=1S/C27H31N5O6/c1-5-38-26(35)17-8-10-18(11-9-17)29-25(34)23-16(2)28-27-30-22(7-6-14-33)31-32(27)24(23)20-13-12-19(36-3)15-21(20)37-4/h8-13,15,24,33H,5-7,14H2,1-4H3,(H,29,34)(H,28,30,31). The normalized spacial score (nSPS) is 14.4. The van der Waals surface area contributed by atoms with Crippen LogP contribution in [0.4, 0.5) is 11.6 Å². The molecule has 0 spiro atoms. The van der Waals surface area contributed by atoms with E-state index in [4.69, 9.17) is 14.2 Å². The van der Waals surface area contributed by atoms with Gasteiger partial charge in [-0.15, -0.1) is 0 Å². The number of fused-ring (bicyclic) bond motifs is 1. The van der Waals surface area contributed by atoms with Gasteiger partial charge in [-0.2, -0.15) is 10.1 Å². The summed E-state index contributed by atoms with van der Waals surface area (Å²) in [5.41, 5.74) is 2.60. The second kappa shape index (κ2) is 11.8. The molecule has 1 aliphatic heterocycles. The number of hydrogen-bond donors (Lipinski definition) is 3. The van der Waals surface area contributed by atoms with Crippen molar-refractivity contribution in [2.24, 2.45) is 0 Å². The predicted octanol–water partition coefficient (Wildman–Crippen LogP) is 3.32. The van der Waals surface area contributed by atoms with Gasteiger partial charge in [0.2, 0.25) is 5.95 Å². The summed E-state index contributed by atoms with van der Waals surface area (Å²) in [6.07, 6.45) is 1.000. The van der Waals surface area contributed by atoms with Crippen molar-refractivity contribution in [2.75, 3.05) is 38.1 Å². The molecule has 1 atom stereocenters. The number of ether oxygens (including phenoxy) is 3. The van der Waals surface area contributed by atoms with Crippen molar-refractivity contribution in [3.63, 3.8) is 0 Å². The van der Waals surface area contributed by atoms with E-state index < -0.39 is 12.0 Å². The molecule has 0 radical (unpaired) electrons. The molecule has 0 saturated heterocycles. The Labute approximate surface area is 220 Å². The highest BCUT2D eigenvalue weighted by atomic mass is 16.5. The predicted molar refractivity (Wildman–Crippen MR) is 140 cm³/mol. The number of aliphatic hydroxyl groups excluding tert-OH is 1. The topological polar surface area (TPSA) is 137 Å². The number of rotatable bonds is 10. The number of nitrogens with zero attached hydrogens (tertiary/aromatic N) is 3. The minimum atomic E-state index is -0.665. The minimum absolute atomic E-state index is 0.0208. The zero-order valence-electron chi connectivity index (χ0n) is 21.8. The van der Waals surface area contributed by atoms with E-state index in [2.05, 4.69) is 20.7 Å². The Morgan fingerprint density at radius 2 is 1.89 bits per heavy atom. The van der Waals surface area contributed by atoms with Gasteiger partial charge in [0.1, 0.15) is 17.5 Å². The molecule has 3 N–H and O–H groups in total. The van der Waals surface area contributed by atoms with Gasteiger partial charge in [-0.05, 0) is 56.7 Å². The first kappa shape index (κ1) is 26.7. The molecule has 38 heavy (non-hydrogen) atoms. The summed E-state index contributed by atoms with van der Waals surface area (Å²) in [7, 11) is 3.12. The lowest BCUT2D eigenvalue weighted by atomic mass is 9.94. The van der Waals surface area contributed by atoms with Crippen molar-refractivity contribution in [1.82, 2.24) is 14.8 Å². The second-order valence-corrected chi connectivity index (χ2v) is 8.55. The van der Waals surface area contributed by atoms with E-state index in [1.54, 1.807) is 69.1 Å². The van der Waals surface area contributed by atoms with Crippen LogP contribution in [0.1, 0.15) is 48.1 Å². The fourth-order valence-electron chi connectivity index (χ4n) is 4.27. The molecule has 4 rings (SSSR count). The molecule has 1 aliphatic rings. The Hall–Kier alpha value is -4.38. The molecule has 0 aliphatic carbocycles. The molecule has 3 aromatic rings. The Morgan fingerprint density at radius 3 is 2.55 bits per heavy atom. The number of aryl methyl sites for hydroxylation is 1. The van der Waals surface area contributed by atoms with Gasteiger partial charge >= 0.3 is 5.97 Å². The Morgan fingerprint density at radius 1 is 1.13 bits per heavy atom. The van der Waals surface area contributed by atoms with Crippen LogP contribution in [-0.2, 0) is 16.0 Å². The zero-order valence-corrected chi connectivity index (χ0v) is 21.8. The minimum Gasteiger partial charge on any atom is -0.497 e. The van der Waals surface area contributed by atoms with Gasteiger partial charge < -0.3 is 30.0 Å². The second-order valence-electron chi connectivity index (χ2n) is 8.55. The van der Waals surface area contributed by atoms with Crippen molar-refractivity contribution in [3.05, 3.63) is 70.7 Å². The Balaban J connectivity index is 1.73. The number of carbonyl (C=O) groups excluding carboxylic acids is 2. The molecule has 0 fully saturated rings. The molecule has 11 nitrogen and oxygen atoms in total. The maximum Gasteiger partial charge on any atom is 0.338 e. The SMILES string of the molecule is CCOC(=O)c1ccc(NC(=O)C2=C(C)Nc3nc(CCCO)nn3C2c2ccc(OC)cc2OC)cc1. The van der Waals surface area contributed by atoms with Crippen LogP contribution in [0.5, 0.6) is 11.5 Å². The summed E-state index contributed by atoms with van der Waals surface area (Å²) in [5, 5.41) is 20.0. The van der Waals surface area contributed by atoms with Gasteiger partial charge in [0.05, 0.1) is 32.0 Å². The van der Waals surface area contributed by atoms with Crippen LogP contribution in [0.25, 0.3) is 0 Å². The number of esters is 1. The lowest BCUT2D eigenvalue weighted by Crippen LogP contribution is -2.31. The third-order valence-corrected chi connectivity index (χ3v) is 6.09. The van der Waals surface area contributed by atoms with Gasteiger partial charge in [0, 0.05) is 36.0 Å². The van der Waals surface area contributed by atoms with Gasteiger partial charge in [0.15, 0.2) is 5.82 Å². The first-order valence-corrected chi connectivity index (χ1v) is 12.2. The maximum atomic E-state index is 13.7. The fourth-order valence-corrected chi connectivity index (χ4v) is 4.27. The number of nitrogens with one attached hydrogen (secondary N) is 2. The summed E-state index contributed by atoms with van der Waals surface area (Å²) in [6, 6.07) is 11.2. The van der Waals surface area contributed by atoms with E-state index in [9.17, 15) is 14.7 Å². The van der Waals surface area contributed by atoms with Crippen LogP contribution in [-0.4, -0.2) is 59.2 Å². The van der Waals surface area contributed by atoms with E-state index >= 15 is 0 Å². The molecule has 200 valence electrons. The molecule has 2 aromatic carbocycles. The van der Waals surface area contributed by atoms with Crippen molar-refractivity contribution < 1.29 is 28.9 Å². The van der Waals surface area contributed by atoms with E-state index in [0.717, 1.165) is 0 Å². The maximum absolute atomic E-state index is 13.7. The van der Waals surface area contributed by atoms with Crippen molar-refractivity contribution >= 4 is 23.5 Å². The molecule has 2 heterocycles. The molecular weight excluding hydrogens is 490 g/mol. The van der Waals surface area contributed by atoms with Gasteiger partial charge in [-0.3, -0.25) is 4.79 Å². The van der Waals surface area contributed by atoms with Crippen molar-refractivity contribution in [2.45, 2.75) is 32.7 Å². The van der Waals surface area contributed by atoms with Crippen molar-refractivity contribution in [3.8, 4) is 11.5 Å². The van der Waals surface area contributed by atoms with E-state index in [1.807, 2.05) is 6.07 Å². The van der Waals surface area contributed by atoms with Crippen LogP contribution in [0.2, 0.25) is 0 Å². The number of benzene rings is 2. The number of anilines is 2. The van der Waals surface area contributed by atoms with Gasteiger partial charge in [0.25, 0.3) is 5.91 Å². The highest BCUT2D eigenvalue weighted by Crippen LogP contribution is 2.40. The average Bonchev–Trinajstić information content (AvgIpc) is 3.33. The highest BCUT2D eigenvalue weighted by molar-refractivity contribution is 6.06. The molecule has 0 saturated carbocycles. The lowest BCUT2D eigenvalue weighted by Gasteiger charge is -2.29. The number of hydrogen-bond acceptors (Lipinski definition) is 9. The monoisotopic (exact) mass is 521 g/mol. The molecule has 11 heteroatoms. The molecule has 1 aromatic heterocycles. The summed E-state index contributed by atoms with van der Waals surface area (Å²) < 4.78 is 17.7. The van der Waals surface area contributed by atoms with E-state index in [-0.39, 0.29) is 19.1 Å². The number of methoxy groups -OCH3 is 2. The largest absolute Gasteiger partial charge is 0.497 e. The smallest absolute Gasteiger partial charge is 0.338 e. The number of aromatic nitrogens is 3. The van der Waals surface area contributed by atoms with Crippen LogP contribution >= 0.6 is 0 Å². The number of carbonyl (C=O) groups is 2. The lowest BCUT2D eigenvalue weighted by molar-refractivity contribution is -0.113. The molecular formula is C27H31N5O6. The number of aliphatic hydroxyl groups is 1. The summed E-state index contributed by atoms with van der Waals surface area (Å²) in [5.74, 6) is 1.36. The number of amides is 1. The van der Waals surface area contributed by atoms with Gasteiger partial charge in [-0.25, -0.2) is 9.48 Å².